The second kappa shape index (κ2) is 10.9. The Labute approximate surface area is 190 Å². The first-order chi connectivity index (χ1) is 15.8. The topological polar surface area (TPSA) is 64.6 Å². The Morgan fingerprint density at radius 3 is 2.45 bits per heavy atom. The first-order valence-electron chi connectivity index (χ1n) is 10.3. The van der Waals surface area contributed by atoms with Crippen molar-refractivity contribution in [3.8, 4) is 12.3 Å². The van der Waals surface area contributed by atoms with Crippen molar-refractivity contribution in [3.63, 3.8) is 0 Å². The van der Waals surface area contributed by atoms with Crippen LogP contribution in [0.25, 0.3) is 0 Å². The molecule has 0 bridgehead atoms. The molecule has 2 aromatic rings. The summed E-state index contributed by atoms with van der Waals surface area (Å²) in [5.41, 5.74) is -0.227. The van der Waals surface area contributed by atoms with E-state index in [4.69, 9.17) is 6.42 Å². The molecule has 10 heteroatoms. The van der Waals surface area contributed by atoms with Gasteiger partial charge in [0.15, 0.2) is 11.6 Å². The number of benzene rings is 1. The highest BCUT2D eigenvalue weighted by molar-refractivity contribution is 5.68. The number of anilines is 3. The lowest BCUT2D eigenvalue weighted by Gasteiger charge is -2.41. The zero-order valence-corrected chi connectivity index (χ0v) is 18.2. The third kappa shape index (κ3) is 6.31. The molecule has 1 saturated heterocycles. The Kier molecular flexibility index (Phi) is 8.03. The number of halogens is 3. The number of piperazine rings is 1. The van der Waals surface area contributed by atoms with Crippen molar-refractivity contribution in [2.75, 3.05) is 50.0 Å². The minimum Gasteiger partial charge on any atom is -0.351 e. The molecule has 0 radical (unpaired) electrons. The maximum absolute atomic E-state index is 12.8. The average molecular weight is 458 g/mol. The molecule has 0 amide bonds. The standard InChI is InChI=1S/C23H25F3N6O/c1-3-12-30(2)20(5-4-17-33)31-13-15-32(16-14-31)22-21(27-10-11-28-22)29-19-8-6-18(7-9-19)23(24,25)26/h1,4-11,17,20H,12-16H2,2H3,(H,27,29)/b5-4+/t20-/m0/s1. The number of terminal acetylenes is 1. The van der Waals surface area contributed by atoms with Crippen molar-refractivity contribution < 1.29 is 18.0 Å². The Morgan fingerprint density at radius 1 is 1.18 bits per heavy atom. The van der Waals surface area contributed by atoms with Crippen molar-refractivity contribution in [1.29, 1.82) is 0 Å². The van der Waals surface area contributed by atoms with Gasteiger partial charge < -0.3 is 10.2 Å². The van der Waals surface area contributed by atoms with Gasteiger partial charge in [-0.15, -0.1) is 6.42 Å². The number of aldehydes is 1. The number of alkyl halides is 3. The first-order valence-corrected chi connectivity index (χ1v) is 10.3. The monoisotopic (exact) mass is 458 g/mol. The smallest absolute Gasteiger partial charge is 0.351 e. The first kappa shape index (κ1) is 24.2. The van der Waals surface area contributed by atoms with Gasteiger partial charge in [-0.05, 0) is 43.5 Å². The normalized spacial score (nSPS) is 16.1. The highest BCUT2D eigenvalue weighted by atomic mass is 19.4. The molecule has 2 heterocycles. The molecule has 174 valence electrons. The van der Waals surface area contributed by atoms with Crippen molar-refractivity contribution in [1.82, 2.24) is 19.8 Å². The van der Waals surface area contributed by atoms with Gasteiger partial charge >= 0.3 is 6.18 Å². The van der Waals surface area contributed by atoms with E-state index in [1.54, 1.807) is 6.20 Å². The van der Waals surface area contributed by atoms with E-state index >= 15 is 0 Å². The molecule has 1 fully saturated rings. The van der Waals surface area contributed by atoms with Crippen molar-refractivity contribution in [3.05, 3.63) is 54.4 Å². The fourth-order valence-corrected chi connectivity index (χ4v) is 3.66. The molecule has 1 aliphatic heterocycles. The number of nitrogens with zero attached hydrogens (tertiary/aromatic N) is 5. The van der Waals surface area contributed by atoms with Crippen LogP contribution in [0.3, 0.4) is 0 Å². The van der Waals surface area contributed by atoms with Crippen LogP contribution < -0.4 is 10.2 Å². The van der Waals surface area contributed by atoms with E-state index in [0.29, 0.717) is 50.0 Å². The van der Waals surface area contributed by atoms with E-state index in [0.717, 1.165) is 18.4 Å². The van der Waals surface area contributed by atoms with Crippen molar-refractivity contribution in [2.24, 2.45) is 0 Å². The average Bonchev–Trinajstić information content (AvgIpc) is 2.80. The Morgan fingerprint density at radius 2 is 1.85 bits per heavy atom. The predicted molar refractivity (Wildman–Crippen MR) is 121 cm³/mol. The van der Waals surface area contributed by atoms with E-state index in [9.17, 15) is 18.0 Å². The summed E-state index contributed by atoms with van der Waals surface area (Å²) < 4.78 is 38.4. The van der Waals surface area contributed by atoms with Crippen LogP contribution in [0.1, 0.15) is 5.56 Å². The van der Waals surface area contributed by atoms with Crippen LogP contribution in [0.4, 0.5) is 30.5 Å². The third-order valence-electron chi connectivity index (χ3n) is 5.30. The minimum atomic E-state index is -4.39. The SMILES string of the molecule is C#CCN(C)[C@H](/C=C/C=O)N1CCN(c2nccnc2Nc2ccc(C(F)(F)F)cc2)CC1. The predicted octanol–water partition coefficient (Wildman–Crippen LogP) is 3.01. The molecule has 1 N–H and O–H groups in total. The fourth-order valence-electron chi connectivity index (χ4n) is 3.66. The Balaban J connectivity index is 1.70. The Hall–Kier alpha value is -3.42. The molecule has 33 heavy (non-hydrogen) atoms. The quantitative estimate of drug-likeness (QED) is 0.371. The summed E-state index contributed by atoms with van der Waals surface area (Å²) in [6.07, 6.45) is 8.09. The summed E-state index contributed by atoms with van der Waals surface area (Å²) in [5, 5.41) is 3.07. The zero-order chi connectivity index (χ0) is 23.8. The second-order valence-corrected chi connectivity index (χ2v) is 7.51. The number of carbonyl (C=O) groups excluding carboxylic acids is 1. The highest BCUT2D eigenvalue weighted by Gasteiger charge is 2.30. The lowest BCUT2D eigenvalue weighted by Crippen LogP contribution is -2.54. The van der Waals surface area contributed by atoms with Gasteiger partial charge in [-0.1, -0.05) is 5.92 Å². The number of nitrogens with one attached hydrogen (secondary N) is 1. The number of hydrogen-bond acceptors (Lipinski definition) is 7. The van der Waals surface area contributed by atoms with Crippen molar-refractivity contribution in [2.45, 2.75) is 12.3 Å². The number of aromatic nitrogens is 2. The number of hydrogen-bond donors (Lipinski definition) is 1. The van der Waals surface area contributed by atoms with E-state index in [1.807, 2.05) is 18.0 Å². The van der Waals surface area contributed by atoms with Crippen LogP contribution in [-0.2, 0) is 11.0 Å². The van der Waals surface area contributed by atoms with E-state index in [-0.39, 0.29) is 6.17 Å². The summed E-state index contributed by atoms with van der Waals surface area (Å²) in [4.78, 5) is 25.9. The van der Waals surface area contributed by atoms with Crippen LogP contribution in [0, 0.1) is 12.3 Å². The maximum atomic E-state index is 12.8. The van der Waals surface area contributed by atoms with Gasteiger partial charge in [0.2, 0.25) is 0 Å². The summed E-state index contributed by atoms with van der Waals surface area (Å²) in [5.74, 6) is 3.70. The molecule has 1 aromatic carbocycles. The van der Waals surface area contributed by atoms with E-state index in [2.05, 4.69) is 31.0 Å². The minimum absolute atomic E-state index is 0.111. The van der Waals surface area contributed by atoms with Gasteiger partial charge in [0.05, 0.1) is 18.3 Å². The number of likely N-dealkylation sites (N-methyl/N-ethyl adjacent to an activating group) is 1. The van der Waals surface area contributed by atoms with Crippen LogP contribution in [0.2, 0.25) is 0 Å². The molecular formula is C23H25F3N6O. The zero-order valence-electron chi connectivity index (χ0n) is 18.2. The molecule has 3 rings (SSSR count). The van der Waals surface area contributed by atoms with Gasteiger partial charge in [0, 0.05) is 44.3 Å². The van der Waals surface area contributed by atoms with Crippen LogP contribution in [-0.4, -0.2) is 72.0 Å². The van der Waals surface area contributed by atoms with Gasteiger partial charge in [-0.3, -0.25) is 14.6 Å². The van der Waals surface area contributed by atoms with Crippen LogP contribution in [0.5, 0.6) is 0 Å². The van der Waals surface area contributed by atoms with Crippen LogP contribution in [0.15, 0.2) is 48.8 Å². The number of rotatable bonds is 8. The number of allylic oxidation sites excluding steroid dienone is 1. The molecule has 1 atom stereocenters. The molecule has 0 aliphatic carbocycles. The molecule has 7 nitrogen and oxygen atoms in total. The van der Waals surface area contributed by atoms with Gasteiger partial charge in [-0.25, -0.2) is 9.97 Å². The molecule has 0 saturated carbocycles. The summed E-state index contributed by atoms with van der Waals surface area (Å²) in [6, 6.07) is 4.78. The van der Waals surface area contributed by atoms with E-state index < -0.39 is 11.7 Å². The number of carbonyl (C=O) groups is 1. The summed E-state index contributed by atoms with van der Waals surface area (Å²) >= 11 is 0. The largest absolute Gasteiger partial charge is 0.416 e. The Bertz CT molecular complexity index is 994. The third-order valence-corrected chi connectivity index (χ3v) is 5.30. The molecule has 1 aromatic heterocycles. The van der Waals surface area contributed by atoms with E-state index in [1.165, 1.54) is 24.4 Å². The van der Waals surface area contributed by atoms with Crippen molar-refractivity contribution >= 4 is 23.6 Å². The fraction of sp³-hybridized carbons (Fsp3) is 0.348. The van der Waals surface area contributed by atoms with Gasteiger partial charge in [0.1, 0.15) is 6.29 Å². The summed E-state index contributed by atoms with van der Waals surface area (Å²) in [7, 11) is 1.90. The lowest BCUT2D eigenvalue weighted by molar-refractivity contribution is -0.137. The van der Waals surface area contributed by atoms with Gasteiger partial charge in [-0.2, -0.15) is 13.2 Å². The maximum Gasteiger partial charge on any atom is 0.416 e. The molecule has 0 spiro atoms. The highest BCUT2D eigenvalue weighted by Crippen LogP contribution is 2.31. The summed E-state index contributed by atoms with van der Waals surface area (Å²) in [6.45, 7) is 3.13. The van der Waals surface area contributed by atoms with Gasteiger partial charge in [0.25, 0.3) is 0 Å². The lowest BCUT2D eigenvalue weighted by atomic mass is 10.2. The van der Waals surface area contributed by atoms with Crippen LogP contribution >= 0.6 is 0 Å². The molecular weight excluding hydrogens is 433 g/mol. The molecule has 1 aliphatic rings. The second-order valence-electron chi connectivity index (χ2n) is 7.51. The molecule has 0 unspecified atom stereocenters.